The molecule has 6 atom stereocenters. The van der Waals surface area contributed by atoms with Crippen molar-refractivity contribution in [1.29, 1.82) is 0 Å². The second kappa shape index (κ2) is 5.74. The van der Waals surface area contributed by atoms with Crippen molar-refractivity contribution in [2.45, 2.75) is 115 Å². The fourth-order valence-corrected chi connectivity index (χ4v) is 5.00. The van der Waals surface area contributed by atoms with Crippen LogP contribution in [0.2, 0.25) is 18.1 Å². The lowest BCUT2D eigenvalue weighted by molar-refractivity contribution is -0.182. The van der Waals surface area contributed by atoms with E-state index in [1.165, 1.54) is 0 Å². The zero-order chi connectivity index (χ0) is 19.0. The van der Waals surface area contributed by atoms with Gasteiger partial charge in [0.15, 0.2) is 19.9 Å². The quantitative estimate of drug-likeness (QED) is 0.750. The smallest absolute Gasteiger partial charge is 0.192 e. The molecule has 2 heterocycles. The van der Waals surface area contributed by atoms with Gasteiger partial charge in [0.1, 0.15) is 36.6 Å². The van der Waals surface area contributed by atoms with Crippen LogP contribution in [0.4, 0.5) is 0 Å². The van der Waals surface area contributed by atoms with Gasteiger partial charge in [-0.2, -0.15) is 0 Å². The summed E-state index contributed by atoms with van der Waals surface area (Å²) in [5.74, 6) is -1.53. The van der Waals surface area contributed by atoms with E-state index >= 15 is 0 Å². The van der Waals surface area contributed by atoms with Gasteiger partial charge in [0, 0.05) is 0 Å². The van der Waals surface area contributed by atoms with Crippen molar-refractivity contribution < 1.29 is 28.5 Å². The van der Waals surface area contributed by atoms with Gasteiger partial charge in [-0.15, -0.1) is 0 Å². The molecule has 25 heavy (non-hydrogen) atoms. The summed E-state index contributed by atoms with van der Waals surface area (Å²) in [5, 5.41) is 10.9. The van der Waals surface area contributed by atoms with E-state index in [-0.39, 0.29) is 23.4 Å². The maximum Gasteiger partial charge on any atom is 0.192 e. The van der Waals surface area contributed by atoms with E-state index in [0.29, 0.717) is 0 Å². The molecule has 0 spiro atoms. The van der Waals surface area contributed by atoms with Gasteiger partial charge in [-0.25, -0.2) is 0 Å². The number of rotatable bonds is 2. The lowest BCUT2D eigenvalue weighted by Crippen LogP contribution is -2.64. The fraction of sp³-hybridized carbons (Fsp3) is 1.00. The summed E-state index contributed by atoms with van der Waals surface area (Å²) in [4.78, 5) is 0. The number of aliphatic hydroxyl groups is 1. The fourth-order valence-electron chi connectivity index (χ4n) is 3.70. The van der Waals surface area contributed by atoms with Crippen LogP contribution in [0.1, 0.15) is 48.5 Å². The van der Waals surface area contributed by atoms with E-state index in [1.807, 2.05) is 27.7 Å². The van der Waals surface area contributed by atoms with Crippen molar-refractivity contribution in [2.75, 3.05) is 0 Å². The highest BCUT2D eigenvalue weighted by Gasteiger charge is 2.64. The van der Waals surface area contributed by atoms with Gasteiger partial charge in [-0.05, 0) is 45.8 Å². The van der Waals surface area contributed by atoms with Crippen LogP contribution in [-0.2, 0) is 23.4 Å². The molecule has 6 nitrogen and oxygen atoms in total. The average molecular weight is 375 g/mol. The maximum atomic E-state index is 10.8. The molecule has 2 aliphatic heterocycles. The zero-order valence-corrected chi connectivity index (χ0v) is 18.0. The van der Waals surface area contributed by atoms with Crippen LogP contribution < -0.4 is 0 Å². The summed E-state index contributed by atoms with van der Waals surface area (Å²) in [6, 6.07) is 0. The predicted octanol–water partition coefficient (Wildman–Crippen LogP) is 2.79. The highest BCUT2D eigenvalue weighted by atomic mass is 28.4. The number of hydrogen-bond acceptors (Lipinski definition) is 6. The molecule has 0 amide bonds. The summed E-state index contributed by atoms with van der Waals surface area (Å²) in [6.45, 7) is 18.5. The molecule has 0 bridgehead atoms. The molecule has 0 aromatic heterocycles. The van der Waals surface area contributed by atoms with Gasteiger partial charge >= 0.3 is 0 Å². The minimum absolute atomic E-state index is 0.0536. The second-order valence-corrected chi connectivity index (χ2v) is 14.7. The SMILES string of the molecule is CC1(C)O[C@H]2[C@@H](O[Si](C)(C)C(C)(C)C)[C@@H]3OC(C)(C)O[C@H]3[C@H](O)[C@H]2O1. The lowest BCUT2D eigenvalue weighted by atomic mass is 9.85. The predicted molar refractivity (Wildman–Crippen MR) is 95.7 cm³/mol. The van der Waals surface area contributed by atoms with Crippen LogP contribution >= 0.6 is 0 Å². The summed E-state index contributed by atoms with van der Waals surface area (Å²) in [6.07, 6.45) is -2.86. The molecule has 1 saturated carbocycles. The number of hydrogen-bond donors (Lipinski definition) is 1. The zero-order valence-electron chi connectivity index (χ0n) is 17.0. The Morgan fingerprint density at radius 1 is 0.800 bits per heavy atom. The van der Waals surface area contributed by atoms with Crippen molar-refractivity contribution >= 4 is 8.32 Å². The molecule has 146 valence electrons. The molecule has 7 heteroatoms. The molecule has 0 radical (unpaired) electrons. The first-order chi connectivity index (χ1) is 11.1. The first-order valence-electron chi connectivity index (χ1n) is 9.21. The van der Waals surface area contributed by atoms with E-state index in [0.717, 1.165) is 0 Å². The topological polar surface area (TPSA) is 66.4 Å². The highest BCUT2D eigenvalue weighted by Crippen LogP contribution is 2.47. The number of aliphatic hydroxyl groups excluding tert-OH is 1. The molecule has 2 saturated heterocycles. The van der Waals surface area contributed by atoms with Crippen LogP contribution in [0.5, 0.6) is 0 Å². The van der Waals surface area contributed by atoms with Crippen molar-refractivity contribution in [3.05, 3.63) is 0 Å². The minimum atomic E-state index is -2.08. The first kappa shape index (κ1) is 19.7. The van der Waals surface area contributed by atoms with E-state index in [4.69, 9.17) is 23.4 Å². The van der Waals surface area contributed by atoms with Crippen molar-refractivity contribution in [3.63, 3.8) is 0 Å². The van der Waals surface area contributed by atoms with Gasteiger partial charge in [-0.1, -0.05) is 20.8 Å². The molecule has 3 rings (SSSR count). The third-order valence-corrected chi connectivity index (χ3v) is 10.4. The van der Waals surface area contributed by atoms with Crippen LogP contribution in [0.3, 0.4) is 0 Å². The van der Waals surface area contributed by atoms with Crippen LogP contribution in [0, 0.1) is 0 Å². The van der Waals surface area contributed by atoms with Gasteiger partial charge in [0.25, 0.3) is 0 Å². The normalized spacial score (nSPS) is 43.0. The number of fused-ring (bicyclic) bond motifs is 2. The van der Waals surface area contributed by atoms with Gasteiger partial charge < -0.3 is 28.5 Å². The minimum Gasteiger partial charge on any atom is -0.408 e. The highest BCUT2D eigenvalue weighted by molar-refractivity contribution is 6.74. The molecule has 0 aromatic rings. The Bertz CT molecular complexity index is 494. The largest absolute Gasteiger partial charge is 0.408 e. The van der Waals surface area contributed by atoms with Gasteiger partial charge in [0.05, 0.1) is 0 Å². The molecule has 0 aromatic carbocycles. The van der Waals surface area contributed by atoms with Crippen molar-refractivity contribution in [2.24, 2.45) is 0 Å². The molecule has 1 N–H and O–H groups in total. The Hall–Kier alpha value is -0.0231. The van der Waals surface area contributed by atoms with Gasteiger partial charge in [-0.3, -0.25) is 0 Å². The summed E-state index contributed by atoms with van der Waals surface area (Å²) in [5.41, 5.74) is 0. The second-order valence-electron chi connectivity index (χ2n) is 9.96. The van der Waals surface area contributed by atoms with E-state index in [1.54, 1.807) is 0 Å². The molecule has 1 aliphatic carbocycles. The molecule has 3 aliphatic rings. The van der Waals surface area contributed by atoms with Crippen LogP contribution in [0.15, 0.2) is 0 Å². The van der Waals surface area contributed by atoms with E-state index in [9.17, 15) is 5.11 Å². The average Bonchev–Trinajstić information content (AvgIpc) is 2.89. The monoisotopic (exact) mass is 374 g/mol. The Labute approximate surface area is 152 Å². The molecule has 0 unspecified atom stereocenters. The summed E-state index contributed by atoms with van der Waals surface area (Å²) in [7, 11) is -2.08. The van der Waals surface area contributed by atoms with Crippen molar-refractivity contribution in [3.8, 4) is 0 Å². The molecular formula is C18H34O6Si. The third kappa shape index (κ3) is 3.45. The lowest BCUT2D eigenvalue weighted by Gasteiger charge is -2.46. The number of ether oxygens (including phenoxy) is 4. The molecule has 3 fully saturated rings. The summed E-state index contributed by atoms with van der Waals surface area (Å²) >= 11 is 0. The van der Waals surface area contributed by atoms with E-state index in [2.05, 4.69) is 33.9 Å². The maximum absolute atomic E-state index is 10.8. The molecular weight excluding hydrogens is 340 g/mol. The van der Waals surface area contributed by atoms with Crippen LogP contribution in [-0.4, -0.2) is 61.6 Å². The third-order valence-electron chi connectivity index (χ3n) is 5.88. The van der Waals surface area contributed by atoms with Gasteiger partial charge in [0.2, 0.25) is 0 Å². The Kier molecular flexibility index (Phi) is 4.53. The Morgan fingerprint density at radius 3 is 1.52 bits per heavy atom. The standard InChI is InChI=1S/C18H34O6Si/c1-16(2,3)25(8,9)24-15-13-11(20-17(4,5)22-13)10(19)12-14(15)23-18(6,7)21-12/h10-15,19H,1-9H3/t10-,11-,12+,13-,14-,15-/m1/s1. The van der Waals surface area contributed by atoms with Crippen LogP contribution in [0.25, 0.3) is 0 Å². The Balaban J connectivity index is 1.95. The first-order valence-corrected chi connectivity index (χ1v) is 12.1. The van der Waals surface area contributed by atoms with Crippen molar-refractivity contribution in [1.82, 2.24) is 0 Å². The summed E-state index contributed by atoms with van der Waals surface area (Å²) < 4.78 is 31.0. The Morgan fingerprint density at radius 2 is 1.16 bits per heavy atom. The van der Waals surface area contributed by atoms with E-state index < -0.39 is 38.2 Å².